The summed E-state index contributed by atoms with van der Waals surface area (Å²) in [5.74, 6) is 0. The molecule has 2 aromatic rings. The zero-order valence-electron chi connectivity index (χ0n) is 11.0. The van der Waals surface area contributed by atoms with E-state index >= 15 is 0 Å². The second-order valence-corrected chi connectivity index (χ2v) is 5.23. The van der Waals surface area contributed by atoms with E-state index in [1.165, 1.54) is 0 Å². The average Bonchev–Trinajstić information content (AvgIpc) is 3.23. The van der Waals surface area contributed by atoms with Crippen LogP contribution in [-0.4, -0.2) is 4.57 Å². The van der Waals surface area contributed by atoms with Gasteiger partial charge in [0.25, 0.3) is 5.56 Å². The van der Waals surface area contributed by atoms with Crippen molar-refractivity contribution in [2.75, 3.05) is 0 Å². The van der Waals surface area contributed by atoms with Crippen molar-refractivity contribution < 1.29 is 0 Å². The van der Waals surface area contributed by atoms with Gasteiger partial charge in [-0.2, -0.15) is 0 Å². The predicted molar refractivity (Wildman–Crippen MR) is 77.0 cm³/mol. The minimum atomic E-state index is -0.220. The fourth-order valence-corrected chi connectivity index (χ4v) is 2.45. The normalized spacial score (nSPS) is 16.3. The number of nitrogens with zero attached hydrogens (tertiary/aromatic N) is 1. The van der Waals surface area contributed by atoms with Gasteiger partial charge in [0.1, 0.15) is 0 Å². The number of rotatable bonds is 3. The summed E-state index contributed by atoms with van der Waals surface area (Å²) in [6.45, 7) is 1.86. The molecule has 1 aliphatic rings. The summed E-state index contributed by atoms with van der Waals surface area (Å²) in [5.41, 5.74) is 8.73. The van der Waals surface area contributed by atoms with Crippen LogP contribution in [0.4, 0.5) is 0 Å². The maximum absolute atomic E-state index is 12.6. The highest BCUT2D eigenvalue weighted by Gasteiger charge is 2.28. The second kappa shape index (κ2) is 4.67. The molecule has 0 amide bonds. The van der Waals surface area contributed by atoms with Crippen molar-refractivity contribution in [3.05, 3.63) is 58.4 Å². The Bertz CT molecular complexity index is 640. The van der Waals surface area contributed by atoms with Crippen LogP contribution in [0, 0.1) is 0 Å². The molecule has 3 rings (SSSR count). The van der Waals surface area contributed by atoms with Crippen molar-refractivity contribution in [1.29, 1.82) is 0 Å². The highest BCUT2D eigenvalue weighted by Crippen LogP contribution is 2.37. The minimum absolute atomic E-state index is 0.0684. The summed E-state index contributed by atoms with van der Waals surface area (Å²) in [5, 5.41) is 0. The Morgan fingerprint density at radius 2 is 1.84 bits per heavy atom. The van der Waals surface area contributed by atoms with Crippen molar-refractivity contribution in [2.45, 2.75) is 31.8 Å². The first kappa shape index (κ1) is 12.2. The lowest BCUT2D eigenvalue weighted by molar-refractivity contribution is 0.684. The molecule has 0 aliphatic heterocycles. The average molecular weight is 254 g/mol. The summed E-state index contributed by atoms with van der Waals surface area (Å²) in [6.07, 6.45) is 2.17. The lowest BCUT2D eigenvalue weighted by Crippen LogP contribution is -2.27. The van der Waals surface area contributed by atoms with E-state index in [4.69, 9.17) is 5.73 Å². The number of benzene rings is 1. The van der Waals surface area contributed by atoms with Gasteiger partial charge in [0.15, 0.2) is 0 Å². The number of aromatic nitrogens is 1. The molecule has 1 fully saturated rings. The van der Waals surface area contributed by atoms with Crippen molar-refractivity contribution in [3.63, 3.8) is 0 Å². The first-order chi connectivity index (χ1) is 9.18. The van der Waals surface area contributed by atoms with Crippen LogP contribution in [0.1, 0.15) is 37.4 Å². The standard InChI is InChI=1S/C16H18N2O/c1-11(17)14-9-10-15(12-5-3-2-4-6-12)18(16(14)19)13-7-8-13/h2-6,9-11,13H,7-8,17H2,1H3. The third-order valence-corrected chi connectivity index (χ3v) is 3.62. The van der Waals surface area contributed by atoms with Crippen LogP contribution in [0.2, 0.25) is 0 Å². The molecule has 2 N–H and O–H groups in total. The molecule has 0 spiro atoms. The van der Waals surface area contributed by atoms with Gasteiger partial charge < -0.3 is 10.3 Å². The summed E-state index contributed by atoms with van der Waals surface area (Å²) >= 11 is 0. The molecule has 1 heterocycles. The molecule has 0 bridgehead atoms. The molecule has 1 aromatic heterocycles. The Kier molecular flexibility index (Phi) is 2.99. The fraction of sp³-hybridized carbons (Fsp3) is 0.312. The summed E-state index contributed by atoms with van der Waals surface area (Å²) in [4.78, 5) is 12.6. The third-order valence-electron chi connectivity index (χ3n) is 3.62. The van der Waals surface area contributed by atoms with Crippen LogP contribution in [0.5, 0.6) is 0 Å². The number of hydrogen-bond acceptors (Lipinski definition) is 2. The lowest BCUT2D eigenvalue weighted by atomic mass is 10.1. The SMILES string of the molecule is CC(N)c1ccc(-c2ccccc2)n(C2CC2)c1=O. The fourth-order valence-electron chi connectivity index (χ4n) is 2.45. The van der Waals surface area contributed by atoms with Crippen molar-refractivity contribution in [1.82, 2.24) is 4.57 Å². The molecule has 3 nitrogen and oxygen atoms in total. The van der Waals surface area contributed by atoms with Crippen LogP contribution in [0.3, 0.4) is 0 Å². The predicted octanol–water partition coefficient (Wildman–Crippen LogP) is 2.87. The van der Waals surface area contributed by atoms with Gasteiger partial charge in [0.05, 0.1) is 5.69 Å². The van der Waals surface area contributed by atoms with Gasteiger partial charge in [0, 0.05) is 17.6 Å². The maximum atomic E-state index is 12.6. The summed E-state index contributed by atoms with van der Waals surface area (Å²) in [6, 6.07) is 14.1. The maximum Gasteiger partial charge on any atom is 0.256 e. The molecule has 1 aliphatic carbocycles. The van der Waals surface area contributed by atoms with Gasteiger partial charge in [-0.25, -0.2) is 0 Å². The second-order valence-electron chi connectivity index (χ2n) is 5.23. The molecule has 1 aromatic carbocycles. The Morgan fingerprint density at radius 3 is 2.42 bits per heavy atom. The highest BCUT2D eigenvalue weighted by molar-refractivity contribution is 5.60. The molecule has 98 valence electrons. The monoisotopic (exact) mass is 254 g/mol. The lowest BCUT2D eigenvalue weighted by Gasteiger charge is -2.15. The van der Waals surface area contributed by atoms with Crippen LogP contribution in [0.15, 0.2) is 47.3 Å². The van der Waals surface area contributed by atoms with E-state index in [0.717, 1.165) is 24.1 Å². The van der Waals surface area contributed by atoms with Gasteiger partial charge in [-0.1, -0.05) is 30.3 Å². The largest absolute Gasteiger partial charge is 0.324 e. The third kappa shape index (κ3) is 2.22. The Balaban J connectivity index is 2.21. The molecule has 0 saturated heterocycles. The van der Waals surface area contributed by atoms with Gasteiger partial charge in [-0.15, -0.1) is 0 Å². The van der Waals surface area contributed by atoms with Crippen LogP contribution in [0.25, 0.3) is 11.3 Å². The molecule has 0 radical (unpaired) electrons. The van der Waals surface area contributed by atoms with E-state index in [0.29, 0.717) is 11.6 Å². The van der Waals surface area contributed by atoms with Gasteiger partial charge in [-0.05, 0) is 37.5 Å². The van der Waals surface area contributed by atoms with Gasteiger partial charge in [0.2, 0.25) is 0 Å². The van der Waals surface area contributed by atoms with Crippen molar-refractivity contribution in [3.8, 4) is 11.3 Å². The molecule has 1 unspecified atom stereocenters. The number of pyridine rings is 1. The van der Waals surface area contributed by atoms with Crippen LogP contribution in [-0.2, 0) is 0 Å². The van der Waals surface area contributed by atoms with Gasteiger partial charge >= 0.3 is 0 Å². The topological polar surface area (TPSA) is 48.0 Å². The Morgan fingerprint density at radius 1 is 1.16 bits per heavy atom. The van der Waals surface area contributed by atoms with Crippen molar-refractivity contribution >= 4 is 0 Å². The van der Waals surface area contributed by atoms with E-state index in [2.05, 4.69) is 0 Å². The summed E-state index contributed by atoms with van der Waals surface area (Å²) in [7, 11) is 0. The zero-order valence-corrected chi connectivity index (χ0v) is 11.0. The minimum Gasteiger partial charge on any atom is -0.324 e. The van der Waals surface area contributed by atoms with Crippen molar-refractivity contribution in [2.24, 2.45) is 5.73 Å². The number of hydrogen-bond donors (Lipinski definition) is 1. The van der Waals surface area contributed by atoms with Gasteiger partial charge in [-0.3, -0.25) is 4.79 Å². The molecule has 19 heavy (non-hydrogen) atoms. The molecule has 3 heteroatoms. The molecular weight excluding hydrogens is 236 g/mol. The molecule has 1 atom stereocenters. The van der Waals surface area contributed by atoms with Crippen LogP contribution >= 0.6 is 0 Å². The first-order valence-electron chi connectivity index (χ1n) is 6.75. The Labute approximate surface area is 112 Å². The molecule has 1 saturated carbocycles. The number of nitrogens with two attached hydrogens (primary N) is 1. The quantitative estimate of drug-likeness (QED) is 0.915. The van der Waals surface area contributed by atoms with E-state index in [1.54, 1.807) is 0 Å². The van der Waals surface area contributed by atoms with E-state index in [9.17, 15) is 4.79 Å². The zero-order chi connectivity index (χ0) is 13.4. The highest BCUT2D eigenvalue weighted by atomic mass is 16.1. The summed E-state index contributed by atoms with van der Waals surface area (Å²) < 4.78 is 1.92. The molecular formula is C16H18N2O. The Hall–Kier alpha value is -1.87. The smallest absolute Gasteiger partial charge is 0.256 e. The first-order valence-corrected chi connectivity index (χ1v) is 6.75. The van der Waals surface area contributed by atoms with E-state index < -0.39 is 0 Å². The van der Waals surface area contributed by atoms with E-state index in [-0.39, 0.29) is 11.6 Å². The van der Waals surface area contributed by atoms with Crippen LogP contribution < -0.4 is 11.3 Å². The van der Waals surface area contributed by atoms with E-state index in [1.807, 2.05) is 54.0 Å².